The summed E-state index contributed by atoms with van der Waals surface area (Å²) in [4.78, 5) is 29.9. The van der Waals surface area contributed by atoms with Gasteiger partial charge in [-0.2, -0.15) is 0 Å². The summed E-state index contributed by atoms with van der Waals surface area (Å²) < 4.78 is 26.5. The number of anilines is 3. The molecule has 0 bridgehead atoms. The lowest BCUT2D eigenvalue weighted by Crippen LogP contribution is -2.24. The van der Waals surface area contributed by atoms with Crippen molar-refractivity contribution in [2.45, 2.75) is 13.3 Å². The molecule has 0 unspecified atom stereocenters. The van der Waals surface area contributed by atoms with Crippen molar-refractivity contribution in [2.24, 2.45) is 0 Å². The van der Waals surface area contributed by atoms with Crippen molar-refractivity contribution < 1.29 is 18.4 Å². The molecule has 0 aliphatic rings. The van der Waals surface area contributed by atoms with E-state index in [1.165, 1.54) is 54.4 Å². The maximum Gasteiger partial charge on any atom is 0.229 e. The first kappa shape index (κ1) is 21.7. The lowest BCUT2D eigenvalue weighted by atomic mass is 10.1. The van der Waals surface area contributed by atoms with Crippen LogP contribution in [0.1, 0.15) is 12.5 Å². The van der Waals surface area contributed by atoms with Crippen molar-refractivity contribution in [2.75, 3.05) is 10.2 Å². The second-order valence-corrected chi connectivity index (χ2v) is 7.13. The minimum absolute atomic E-state index is 0.0346. The molecule has 0 atom stereocenters. The lowest BCUT2D eigenvalue weighted by molar-refractivity contribution is -0.116. The zero-order chi connectivity index (χ0) is 21.8. The van der Waals surface area contributed by atoms with Crippen LogP contribution in [-0.4, -0.2) is 16.8 Å². The molecule has 2 amide bonds. The molecule has 0 aliphatic heterocycles. The summed E-state index contributed by atoms with van der Waals surface area (Å²) in [7, 11) is 0. The number of hydrogen-bond acceptors (Lipinski definition) is 3. The first-order valence-corrected chi connectivity index (χ1v) is 9.46. The topological polar surface area (TPSA) is 62.3 Å². The average molecular weight is 450 g/mol. The molecule has 0 aliphatic carbocycles. The lowest BCUT2D eigenvalue weighted by Gasteiger charge is -2.22. The third kappa shape index (κ3) is 5.11. The molecule has 1 aromatic heterocycles. The van der Waals surface area contributed by atoms with E-state index in [1.807, 2.05) is 0 Å². The Labute approximate surface area is 181 Å². The Kier molecular flexibility index (Phi) is 6.64. The summed E-state index contributed by atoms with van der Waals surface area (Å²) in [6, 6.07) is 10.4. The number of nitrogens with one attached hydrogen (secondary N) is 1. The largest absolute Gasteiger partial charge is 0.326 e. The van der Waals surface area contributed by atoms with Crippen molar-refractivity contribution in [3.8, 4) is 0 Å². The Balaban J connectivity index is 1.83. The number of hydrogen-bond donors (Lipinski definition) is 1. The Morgan fingerprint density at radius 3 is 2.30 bits per heavy atom. The molecular weight excluding hydrogens is 435 g/mol. The Morgan fingerprint density at radius 1 is 1.00 bits per heavy atom. The summed E-state index contributed by atoms with van der Waals surface area (Å²) in [6.45, 7) is 1.31. The number of halogens is 4. The van der Waals surface area contributed by atoms with Gasteiger partial charge in [-0.3, -0.25) is 14.5 Å². The Bertz CT molecular complexity index is 1130. The number of nitrogens with zero attached hydrogens (tertiary/aromatic N) is 2. The van der Waals surface area contributed by atoms with Gasteiger partial charge in [-0.1, -0.05) is 29.3 Å². The van der Waals surface area contributed by atoms with E-state index in [-0.39, 0.29) is 28.0 Å². The predicted octanol–water partition coefficient (Wildman–Crippen LogP) is 5.53. The molecule has 5 nitrogen and oxygen atoms in total. The van der Waals surface area contributed by atoms with Gasteiger partial charge in [-0.25, -0.2) is 13.8 Å². The van der Waals surface area contributed by atoms with E-state index in [4.69, 9.17) is 23.2 Å². The van der Waals surface area contributed by atoms with Crippen LogP contribution < -0.4 is 10.2 Å². The van der Waals surface area contributed by atoms with Crippen LogP contribution in [0.5, 0.6) is 0 Å². The highest BCUT2D eigenvalue weighted by Gasteiger charge is 2.19. The van der Waals surface area contributed by atoms with Crippen LogP contribution in [0, 0.1) is 11.6 Å². The quantitative estimate of drug-likeness (QED) is 0.556. The summed E-state index contributed by atoms with van der Waals surface area (Å²) in [5.74, 6) is -1.64. The molecule has 30 heavy (non-hydrogen) atoms. The van der Waals surface area contributed by atoms with Gasteiger partial charge in [0.2, 0.25) is 11.8 Å². The monoisotopic (exact) mass is 449 g/mol. The molecule has 154 valence electrons. The van der Waals surface area contributed by atoms with Gasteiger partial charge in [0.05, 0.1) is 17.1 Å². The zero-order valence-corrected chi connectivity index (χ0v) is 17.1. The summed E-state index contributed by atoms with van der Waals surface area (Å²) >= 11 is 12.0. The number of amides is 2. The first-order valence-electron chi connectivity index (χ1n) is 8.70. The van der Waals surface area contributed by atoms with Crippen molar-refractivity contribution in [1.29, 1.82) is 0 Å². The van der Waals surface area contributed by atoms with Gasteiger partial charge in [-0.15, -0.1) is 0 Å². The smallest absolute Gasteiger partial charge is 0.229 e. The van der Waals surface area contributed by atoms with Crippen LogP contribution in [-0.2, 0) is 16.0 Å². The Morgan fingerprint density at radius 2 is 1.67 bits per heavy atom. The fourth-order valence-electron chi connectivity index (χ4n) is 2.78. The zero-order valence-electron chi connectivity index (χ0n) is 15.6. The summed E-state index contributed by atoms with van der Waals surface area (Å²) in [5.41, 5.74) is 1.08. The number of aromatic nitrogens is 1. The summed E-state index contributed by atoms with van der Waals surface area (Å²) in [5, 5.41) is 2.86. The van der Waals surface area contributed by atoms with Gasteiger partial charge in [0.15, 0.2) is 0 Å². The van der Waals surface area contributed by atoms with Crippen LogP contribution >= 0.6 is 23.2 Å². The van der Waals surface area contributed by atoms with Crippen molar-refractivity contribution >= 4 is 52.2 Å². The van der Waals surface area contributed by atoms with E-state index < -0.39 is 23.4 Å². The second-order valence-electron chi connectivity index (χ2n) is 6.31. The fraction of sp³-hybridized carbons (Fsp3) is 0.0952. The van der Waals surface area contributed by atoms with Crippen molar-refractivity contribution in [3.63, 3.8) is 0 Å². The number of pyridine rings is 1. The number of carbonyl (C=O) groups is 2. The van der Waals surface area contributed by atoms with E-state index in [1.54, 1.807) is 0 Å². The fourth-order valence-corrected chi connectivity index (χ4v) is 3.26. The van der Waals surface area contributed by atoms with E-state index in [0.717, 1.165) is 12.1 Å². The van der Waals surface area contributed by atoms with Crippen molar-refractivity contribution in [1.82, 2.24) is 4.98 Å². The van der Waals surface area contributed by atoms with Crippen LogP contribution in [0.3, 0.4) is 0 Å². The molecule has 2 aromatic carbocycles. The average Bonchev–Trinajstić information content (AvgIpc) is 2.66. The van der Waals surface area contributed by atoms with E-state index >= 15 is 0 Å². The van der Waals surface area contributed by atoms with Gasteiger partial charge >= 0.3 is 0 Å². The molecule has 9 heteroatoms. The number of rotatable bonds is 5. The third-order valence-corrected chi connectivity index (χ3v) is 4.74. The van der Waals surface area contributed by atoms with E-state index in [0.29, 0.717) is 11.3 Å². The molecule has 0 saturated carbocycles. The van der Waals surface area contributed by atoms with Crippen LogP contribution in [0.4, 0.5) is 26.0 Å². The van der Waals surface area contributed by atoms with Gasteiger partial charge in [0, 0.05) is 29.9 Å². The van der Waals surface area contributed by atoms with Crippen LogP contribution in [0.2, 0.25) is 10.0 Å². The maximum atomic E-state index is 13.4. The van der Waals surface area contributed by atoms with Gasteiger partial charge in [0.1, 0.15) is 17.5 Å². The molecular formula is C21H15Cl2F2N3O2. The highest BCUT2D eigenvalue weighted by Crippen LogP contribution is 2.32. The third-order valence-electron chi connectivity index (χ3n) is 4.09. The highest BCUT2D eigenvalue weighted by atomic mass is 35.5. The molecule has 1 heterocycles. The maximum absolute atomic E-state index is 13.4. The minimum Gasteiger partial charge on any atom is -0.326 e. The second kappa shape index (κ2) is 9.19. The molecule has 3 rings (SSSR count). The number of carbonyl (C=O) groups excluding carboxylic acids is 2. The van der Waals surface area contributed by atoms with Gasteiger partial charge in [-0.05, 0) is 42.0 Å². The van der Waals surface area contributed by atoms with Crippen LogP contribution in [0.15, 0.2) is 54.7 Å². The molecule has 1 N–H and O–H groups in total. The molecule has 0 spiro atoms. The predicted molar refractivity (Wildman–Crippen MR) is 112 cm³/mol. The summed E-state index contributed by atoms with van der Waals surface area (Å²) in [6.07, 6.45) is 1.33. The van der Waals surface area contributed by atoms with E-state index in [9.17, 15) is 18.4 Å². The standard InChI is InChI=1S/C21H15Cl2F2N3O2/c1-12(29)28(19-5-4-15(25)10-18(19)23)20-11-16(6-7-26-20)27-21(30)8-13-2-3-14(24)9-17(13)22/h2-7,9-11H,8H2,1H3,(H,26,27,30). The minimum atomic E-state index is -0.541. The molecule has 3 aromatic rings. The first-order chi connectivity index (χ1) is 14.2. The highest BCUT2D eigenvalue weighted by molar-refractivity contribution is 6.34. The van der Waals surface area contributed by atoms with Gasteiger partial charge < -0.3 is 5.32 Å². The molecule has 0 radical (unpaired) electrons. The Hall–Kier alpha value is -3.03. The van der Waals surface area contributed by atoms with Crippen molar-refractivity contribution in [3.05, 3.63) is 82.0 Å². The number of benzene rings is 2. The molecule has 0 saturated heterocycles. The van der Waals surface area contributed by atoms with Crippen LogP contribution in [0.25, 0.3) is 0 Å². The van der Waals surface area contributed by atoms with E-state index in [2.05, 4.69) is 10.3 Å². The normalized spacial score (nSPS) is 10.6. The SMILES string of the molecule is CC(=O)N(c1cc(NC(=O)Cc2ccc(F)cc2Cl)ccn1)c1ccc(F)cc1Cl. The van der Waals surface area contributed by atoms with Gasteiger partial charge in [0.25, 0.3) is 0 Å². The molecule has 0 fully saturated rings.